The highest BCUT2D eigenvalue weighted by atomic mass is 35.5. The third kappa shape index (κ3) is 2.84. The summed E-state index contributed by atoms with van der Waals surface area (Å²) in [5, 5.41) is -0.301. The molecule has 2 aliphatic rings. The predicted molar refractivity (Wildman–Crippen MR) is 81.0 cm³/mol. The van der Waals surface area contributed by atoms with Gasteiger partial charge in [0, 0.05) is 19.1 Å². The Bertz CT molecular complexity index is 596. The number of benzene rings is 1. The van der Waals surface area contributed by atoms with Gasteiger partial charge in [-0.15, -0.1) is 0 Å². The van der Waals surface area contributed by atoms with Crippen LogP contribution in [0.5, 0.6) is 0 Å². The molecule has 0 N–H and O–H groups in total. The van der Waals surface area contributed by atoms with E-state index < -0.39 is 17.5 Å². The van der Waals surface area contributed by atoms with Crippen LogP contribution in [0.3, 0.4) is 0 Å². The van der Waals surface area contributed by atoms with Gasteiger partial charge in [0.05, 0.1) is 10.6 Å². The number of amides is 1. The van der Waals surface area contributed by atoms with Gasteiger partial charge < -0.3 is 9.80 Å². The topological polar surface area (TPSA) is 23.6 Å². The van der Waals surface area contributed by atoms with Crippen LogP contribution < -0.4 is 0 Å². The van der Waals surface area contributed by atoms with E-state index in [-0.39, 0.29) is 16.6 Å². The molecule has 0 unspecified atom stereocenters. The van der Waals surface area contributed by atoms with Crippen LogP contribution in [0.1, 0.15) is 29.6 Å². The summed E-state index contributed by atoms with van der Waals surface area (Å²) in [6, 6.07) is 1.91. The normalized spacial score (nSPS) is 25.9. The molecule has 1 aromatic carbocycles. The van der Waals surface area contributed by atoms with Crippen molar-refractivity contribution < 1.29 is 13.6 Å². The molecule has 2 heterocycles. The smallest absolute Gasteiger partial charge is 0.257 e. The minimum absolute atomic E-state index is 0.121. The molecule has 1 amide bonds. The Balaban J connectivity index is 1.86. The highest BCUT2D eigenvalue weighted by molar-refractivity contribution is 6.30. The lowest BCUT2D eigenvalue weighted by Gasteiger charge is -2.46. The lowest BCUT2D eigenvalue weighted by Crippen LogP contribution is -2.55. The standard InChI is InChI=1S/C16H19ClF2N2O/c1-20-6-4-15-10(9-20)3-2-5-21(15)16(22)11-7-14(19)12(17)8-13(11)18/h7-8,10,15H,2-6,9H2,1H3/t10-,15+/m0/s1. The van der Waals surface area contributed by atoms with Crippen molar-refractivity contribution in [1.82, 2.24) is 9.80 Å². The molecule has 2 fully saturated rings. The second-order valence-electron chi connectivity index (χ2n) is 6.27. The van der Waals surface area contributed by atoms with Crippen molar-refractivity contribution in [2.24, 2.45) is 5.92 Å². The number of carbonyl (C=O) groups is 1. The highest BCUT2D eigenvalue weighted by Gasteiger charge is 2.38. The van der Waals surface area contributed by atoms with Crippen molar-refractivity contribution in [2.75, 3.05) is 26.7 Å². The maximum absolute atomic E-state index is 14.0. The van der Waals surface area contributed by atoms with E-state index in [0.717, 1.165) is 44.5 Å². The fourth-order valence-electron chi connectivity index (χ4n) is 3.68. The van der Waals surface area contributed by atoms with E-state index in [9.17, 15) is 13.6 Å². The minimum Gasteiger partial charge on any atom is -0.335 e. The molecule has 0 spiro atoms. The van der Waals surface area contributed by atoms with Gasteiger partial charge in [0.2, 0.25) is 0 Å². The van der Waals surface area contributed by atoms with Crippen LogP contribution >= 0.6 is 11.6 Å². The summed E-state index contributed by atoms with van der Waals surface area (Å²) in [6.07, 6.45) is 2.86. The Labute approximate surface area is 133 Å². The van der Waals surface area contributed by atoms with Crippen molar-refractivity contribution >= 4 is 17.5 Å². The molecule has 6 heteroatoms. The summed E-state index contributed by atoms with van der Waals surface area (Å²) in [4.78, 5) is 16.7. The van der Waals surface area contributed by atoms with Gasteiger partial charge in [-0.25, -0.2) is 8.78 Å². The molecule has 22 heavy (non-hydrogen) atoms. The van der Waals surface area contributed by atoms with Crippen LogP contribution in [0.25, 0.3) is 0 Å². The molecule has 2 atom stereocenters. The van der Waals surface area contributed by atoms with Crippen LogP contribution in [0, 0.1) is 17.6 Å². The van der Waals surface area contributed by atoms with E-state index >= 15 is 0 Å². The van der Waals surface area contributed by atoms with Gasteiger partial charge in [0.15, 0.2) is 0 Å². The second kappa shape index (κ2) is 6.13. The summed E-state index contributed by atoms with van der Waals surface area (Å²) in [7, 11) is 2.07. The summed E-state index contributed by atoms with van der Waals surface area (Å²) in [5.74, 6) is -1.53. The van der Waals surface area contributed by atoms with Crippen molar-refractivity contribution in [1.29, 1.82) is 0 Å². The van der Waals surface area contributed by atoms with Gasteiger partial charge in [-0.1, -0.05) is 11.6 Å². The fourth-order valence-corrected chi connectivity index (χ4v) is 3.83. The number of likely N-dealkylation sites (tertiary alicyclic amines) is 2. The van der Waals surface area contributed by atoms with E-state index in [1.54, 1.807) is 4.90 Å². The van der Waals surface area contributed by atoms with Crippen LogP contribution in [0.15, 0.2) is 12.1 Å². The molecule has 0 aliphatic carbocycles. The number of nitrogens with zero attached hydrogens (tertiary/aromatic N) is 2. The predicted octanol–water partition coefficient (Wildman–Crippen LogP) is 3.17. The first kappa shape index (κ1) is 15.7. The monoisotopic (exact) mass is 328 g/mol. The van der Waals surface area contributed by atoms with Crippen molar-refractivity contribution in [3.05, 3.63) is 34.4 Å². The molecule has 2 aliphatic heterocycles. The van der Waals surface area contributed by atoms with E-state index in [0.29, 0.717) is 12.5 Å². The number of piperidine rings is 2. The number of hydrogen-bond donors (Lipinski definition) is 0. The summed E-state index contributed by atoms with van der Waals surface area (Å²) >= 11 is 5.56. The number of carbonyl (C=O) groups excluding carboxylic acids is 1. The third-order valence-corrected chi connectivity index (χ3v) is 5.06. The molecule has 3 nitrogen and oxygen atoms in total. The van der Waals surface area contributed by atoms with E-state index in [4.69, 9.17) is 11.6 Å². The molecule has 0 bridgehead atoms. The first-order valence-corrected chi connectivity index (χ1v) is 7.99. The molecule has 0 aromatic heterocycles. The molecule has 2 saturated heterocycles. The lowest BCUT2D eigenvalue weighted by atomic mass is 9.83. The first-order chi connectivity index (χ1) is 10.5. The van der Waals surface area contributed by atoms with Gasteiger partial charge >= 0.3 is 0 Å². The molecule has 1 aromatic rings. The zero-order chi connectivity index (χ0) is 15.9. The Kier molecular flexibility index (Phi) is 4.37. The number of halogens is 3. The second-order valence-corrected chi connectivity index (χ2v) is 6.67. The molecule has 3 rings (SSSR count). The quantitative estimate of drug-likeness (QED) is 0.739. The van der Waals surface area contributed by atoms with Crippen molar-refractivity contribution in [2.45, 2.75) is 25.3 Å². The minimum atomic E-state index is -0.761. The number of fused-ring (bicyclic) bond motifs is 1. The molecule has 0 saturated carbocycles. The van der Waals surface area contributed by atoms with Gasteiger partial charge in [0.1, 0.15) is 11.6 Å². The van der Waals surface area contributed by atoms with Crippen LogP contribution in [-0.2, 0) is 0 Å². The number of hydrogen-bond acceptors (Lipinski definition) is 2. The van der Waals surface area contributed by atoms with Gasteiger partial charge in [-0.05, 0) is 50.9 Å². The average molecular weight is 329 g/mol. The maximum Gasteiger partial charge on any atom is 0.257 e. The summed E-state index contributed by atoms with van der Waals surface area (Å²) in [6.45, 7) is 2.47. The molecule has 120 valence electrons. The van der Waals surface area contributed by atoms with Gasteiger partial charge in [0.25, 0.3) is 5.91 Å². The number of rotatable bonds is 1. The van der Waals surface area contributed by atoms with Crippen molar-refractivity contribution in [3.63, 3.8) is 0 Å². The third-order valence-electron chi connectivity index (χ3n) is 4.77. The van der Waals surface area contributed by atoms with E-state index in [1.165, 1.54) is 0 Å². The first-order valence-electron chi connectivity index (χ1n) is 7.61. The lowest BCUT2D eigenvalue weighted by molar-refractivity contribution is 0.0250. The van der Waals surface area contributed by atoms with Crippen LogP contribution in [0.4, 0.5) is 8.78 Å². The molecular formula is C16H19ClF2N2O. The SMILES string of the molecule is CN1CC[C@@H]2[C@@H](CCCN2C(=O)c2cc(F)c(Cl)cc2F)C1. The molecule has 0 radical (unpaired) electrons. The average Bonchev–Trinajstić information content (AvgIpc) is 2.49. The van der Waals surface area contributed by atoms with Crippen LogP contribution in [0.2, 0.25) is 5.02 Å². The summed E-state index contributed by atoms with van der Waals surface area (Å²) < 4.78 is 27.6. The Morgan fingerprint density at radius 2 is 2.00 bits per heavy atom. The fraction of sp³-hybridized carbons (Fsp3) is 0.562. The Morgan fingerprint density at radius 1 is 1.23 bits per heavy atom. The zero-order valence-electron chi connectivity index (χ0n) is 12.5. The largest absolute Gasteiger partial charge is 0.335 e. The van der Waals surface area contributed by atoms with Gasteiger partial charge in [-0.3, -0.25) is 4.79 Å². The highest BCUT2D eigenvalue weighted by Crippen LogP contribution is 2.32. The van der Waals surface area contributed by atoms with E-state index in [2.05, 4.69) is 11.9 Å². The Morgan fingerprint density at radius 3 is 2.77 bits per heavy atom. The van der Waals surface area contributed by atoms with Gasteiger partial charge in [-0.2, -0.15) is 0 Å². The Hall–Kier alpha value is -1.20. The van der Waals surface area contributed by atoms with Crippen LogP contribution in [-0.4, -0.2) is 48.4 Å². The molecular weight excluding hydrogens is 310 g/mol. The summed E-state index contributed by atoms with van der Waals surface area (Å²) in [5.41, 5.74) is -0.221. The zero-order valence-corrected chi connectivity index (χ0v) is 13.2. The maximum atomic E-state index is 14.0. The van der Waals surface area contributed by atoms with Crippen molar-refractivity contribution in [3.8, 4) is 0 Å². The van der Waals surface area contributed by atoms with E-state index in [1.807, 2.05) is 0 Å².